The molecule has 23 heavy (non-hydrogen) atoms. The van der Waals surface area contributed by atoms with Gasteiger partial charge in [-0.05, 0) is 37.8 Å². The van der Waals surface area contributed by atoms with Gasteiger partial charge >= 0.3 is 0 Å². The van der Waals surface area contributed by atoms with Gasteiger partial charge in [0.05, 0.1) is 6.04 Å². The van der Waals surface area contributed by atoms with E-state index in [0.717, 1.165) is 31.5 Å². The maximum Gasteiger partial charge on any atom is 0.239 e. The predicted molar refractivity (Wildman–Crippen MR) is 92.7 cm³/mol. The Morgan fingerprint density at radius 1 is 1.17 bits per heavy atom. The van der Waals surface area contributed by atoms with Gasteiger partial charge in [0, 0.05) is 31.2 Å². The van der Waals surface area contributed by atoms with Gasteiger partial charge in [0.1, 0.15) is 0 Å². The summed E-state index contributed by atoms with van der Waals surface area (Å²) >= 11 is 0. The Balaban J connectivity index is 0.00000192. The summed E-state index contributed by atoms with van der Waals surface area (Å²) in [7, 11) is 0. The molecule has 1 fully saturated rings. The third-order valence-corrected chi connectivity index (χ3v) is 4.70. The molecule has 5 nitrogen and oxygen atoms in total. The minimum atomic E-state index is -0.460. The SMILES string of the molecule is C[C@@H](N)C(=O)N1CCC(C(=O)N2CCc3ccccc32)CC1.Cl. The van der Waals surface area contributed by atoms with Crippen molar-refractivity contribution in [2.75, 3.05) is 24.5 Å². The molecule has 2 aliphatic rings. The summed E-state index contributed by atoms with van der Waals surface area (Å²) in [6, 6.07) is 7.65. The number of halogens is 1. The van der Waals surface area contributed by atoms with E-state index in [-0.39, 0.29) is 30.1 Å². The Hall–Kier alpha value is -1.59. The number of likely N-dealkylation sites (tertiary alicyclic amines) is 1. The predicted octanol–water partition coefficient (Wildman–Crippen LogP) is 1.58. The zero-order valence-electron chi connectivity index (χ0n) is 13.4. The highest BCUT2D eigenvalue weighted by Crippen LogP contribution is 2.31. The Morgan fingerprint density at radius 2 is 1.83 bits per heavy atom. The van der Waals surface area contributed by atoms with Crippen LogP contribution < -0.4 is 10.6 Å². The first-order valence-corrected chi connectivity index (χ1v) is 8.01. The number of piperidine rings is 1. The van der Waals surface area contributed by atoms with E-state index < -0.39 is 6.04 Å². The molecule has 0 bridgehead atoms. The Morgan fingerprint density at radius 3 is 2.48 bits per heavy atom. The average Bonchev–Trinajstić information content (AvgIpc) is 2.97. The molecule has 2 aliphatic heterocycles. The highest BCUT2D eigenvalue weighted by atomic mass is 35.5. The first kappa shape index (κ1) is 17.8. The van der Waals surface area contributed by atoms with Crippen LogP contribution in [0, 0.1) is 5.92 Å². The van der Waals surface area contributed by atoms with Crippen molar-refractivity contribution in [2.24, 2.45) is 11.7 Å². The molecule has 2 N–H and O–H groups in total. The number of para-hydroxylation sites is 1. The van der Waals surface area contributed by atoms with E-state index >= 15 is 0 Å². The van der Waals surface area contributed by atoms with Gasteiger partial charge in [-0.2, -0.15) is 0 Å². The number of hydrogen-bond acceptors (Lipinski definition) is 3. The molecule has 1 aromatic carbocycles. The lowest BCUT2D eigenvalue weighted by atomic mass is 9.95. The van der Waals surface area contributed by atoms with Crippen LogP contribution in [0.3, 0.4) is 0 Å². The molecular weight excluding hydrogens is 314 g/mol. The van der Waals surface area contributed by atoms with Crippen LogP contribution in [-0.4, -0.2) is 42.4 Å². The molecule has 2 heterocycles. The quantitative estimate of drug-likeness (QED) is 0.891. The van der Waals surface area contributed by atoms with E-state index in [9.17, 15) is 9.59 Å². The van der Waals surface area contributed by atoms with Crippen molar-refractivity contribution >= 4 is 29.9 Å². The second kappa shape index (κ2) is 7.32. The molecule has 126 valence electrons. The summed E-state index contributed by atoms with van der Waals surface area (Å²) in [4.78, 5) is 28.4. The summed E-state index contributed by atoms with van der Waals surface area (Å²) in [6.45, 7) is 3.75. The highest BCUT2D eigenvalue weighted by molar-refractivity contribution is 5.97. The van der Waals surface area contributed by atoms with Crippen LogP contribution in [0.5, 0.6) is 0 Å². The number of fused-ring (bicyclic) bond motifs is 1. The number of rotatable bonds is 2. The summed E-state index contributed by atoms with van der Waals surface area (Å²) < 4.78 is 0. The number of anilines is 1. The lowest BCUT2D eigenvalue weighted by molar-refractivity contribution is -0.135. The Labute approximate surface area is 143 Å². The monoisotopic (exact) mass is 337 g/mol. The summed E-state index contributed by atoms with van der Waals surface area (Å²) in [5, 5.41) is 0. The zero-order chi connectivity index (χ0) is 15.7. The van der Waals surface area contributed by atoms with E-state index in [2.05, 4.69) is 6.07 Å². The van der Waals surface area contributed by atoms with Crippen molar-refractivity contribution in [2.45, 2.75) is 32.2 Å². The van der Waals surface area contributed by atoms with Gasteiger partial charge in [0.25, 0.3) is 0 Å². The molecule has 0 spiro atoms. The van der Waals surface area contributed by atoms with Crippen LogP contribution in [0.1, 0.15) is 25.3 Å². The smallest absolute Gasteiger partial charge is 0.239 e. The lowest BCUT2D eigenvalue weighted by Gasteiger charge is -2.34. The minimum Gasteiger partial charge on any atom is -0.341 e. The van der Waals surface area contributed by atoms with E-state index in [0.29, 0.717) is 13.1 Å². The van der Waals surface area contributed by atoms with Crippen LogP contribution in [0.4, 0.5) is 5.69 Å². The van der Waals surface area contributed by atoms with Gasteiger partial charge in [-0.25, -0.2) is 0 Å². The zero-order valence-corrected chi connectivity index (χ0v) is 14.2. The standard InChI is InChI=1S/C17H23N3O2.ClH/c1-12(18)16(21)19-9-6-14(7-10-19)17(22)20-11-8-13-4-2-3-5-15(13)20;/h2-5,12,14H,6-11,18H2,1H3;1H/t12-;/m1./s1. The van der Waals surface area contributed by atoms with Crippen LogP contribution in [-0.2, 0) is 16.0 Å². The van der Waals surface area contributed by atoms with E-state index in [4.69, 9.17) is 5.73 Å². The molecule has 1 aromatic rings. The second-order valence-electron chi connectivity index (χ2n) is 6.26. The average molecular weight is 338 g/mol. The number of hydrogen-bond donors (Lipinski definition) is 1. The van der Waals surface area contributed by atoms with Crippen LogP contribution in [0.25, 0.3) is 0 Å². The molecule has 0 radical (unpaired) electrons. The van der Waals surface area contributed by atoms with E-state index in [1.54, 1.807) is 11.8 Å². The van der Waals surface area contributed by atoms with Gasteiger partial charge in [0.2, 0.25) is 11.8 Å². The normalized spacial score (nSPS) is 19.0. The van der Waals surface area contributed by atoms with Crippen LogP contribution >= 0.6 is 12.4 Å². The molecule has 0 aromatic heterocycles. The van der Waals surface area contributed by atoms with Crippen molar-refractivity contribution in [1.82, 2.24) is 4.90 Å². The number of benzene rings is 1. The summed E-state index contributed by atoms with van der Waals surface area (Å²) in [6.07, 6.45) is 2.40. The summed E-state index contributed by atoms with van der Waals surface area (Å²) in [5.41, 5.74) is 7.95. The van der Waals surface area contributed by atoms with Gasteiger partial charge in [-0.3, -0.25) is 9.59 Å². The maximum atomic E-state index is 12.8. The van der Waals surface area contributed by atoms with Gasteiger partial charge in [-0.15, -0.1) is 12.4 Å². The Bertz CT molecular complexity index is 583. The fraction of sp³-hybridized carbons (Fsp3) is 0.529. The highest BCUT2D eigenvalue weighted by Gasteiger charge is 2.33. The third-order valence-electron chi connectivity index (χ3n) is 4.70. The number of carbonyl (C=O) groups is 2. The lowest BCUT2D eigenvalue weighted by Crippen LogP contribution is -2.48. The van der Waals surface area contributed by atoms with E-state index in [1.807, 2.05) is 23.1 Å². The molecule has 1 saturated heterocycles. The molecule has 0 saturated carbocycles. The van der Waals surface area contributed by atoms with Crippen molar-refractivity contribution in [3.8, 4) is 0 Å². The van der Waals surface area contributed by atoms with Gasteiger partial charge in [0.15, 0.2) is 0 Å². The minimum absolute atomic E-state index is 0. The summed E-state index contributed by atoms with van der Waals surface area (Å²) in [5.74, 6) is 0.207. The second-order valence-corrected chi connectivity index (χ2v) is 6.26. The first-order chi connectivity index (χ1) is 10.6. The molecule has 0 aliphatic carbocycles. The fourth-order valence-electron chi connectivity index (χ4n) is 3.42. The van der Waals surface area contributed by atoms with Crippen LogP contribution in [0.15, 0.2) is 24.3 Å². The van der Waals surface area contributed by atoms with Crippen molar-refractivity contribution in [3.05, 3.63) is 29.8 Å². The van der Waals surface area contributed by atoms with Crippen molar-refractivity contribution in [1.29, 1.82) is 0 Å². The third kappa shape index (κ3) is 3.51. The number of carbonyl (C=O) groups excluding carboxylic acids is 2. The molecule has 0 unspecified atom stereocenters. The molecule has 2 amide bonds. The number of nitrogens with zero attached hydrogens (tertiary/aromatic N) is 2. The number of amides is 2. The van der Waals surface area contributed by atoms with Gasteiger partial charge < -0.3 is 15.5 Å². The topological polar surface area (TPSA) is 66.6 Å². The van der Waals surface area contributed by atoms with Crippen molar-refractivity contribution < 1.29 is 9.59 Å². The maximum absolute atomic E-state index is 12.8. The molecule has 3 rings (SSSR count). The molecule has 1 atom stereocenters. The molecule has 6 heteroatoms. The molecular formula is C17H24ClN3O2. The fourth-order valence-corrected chi connectivity index (χ4v) is 3.42. The van der Waals surface area contributed by atoms with E-state index in [1.165, 1.54) is 5.56 Å². The Kier molecular flexibility index (Phi) is 5.65. The largest absolute Gasteiger partial charge is 0.341 e. The van der Waals surface area contributed by atoms with Gasteiger partial charge in [-0.1, -0.05) is 18.2 Å². The number of nitrogens with two attached hydrogens (primary N) is 1. The first-order valence-electron chi connectivity index (χ1n) is 8.01. The van der Waals surface area contributed by atoms with Crippen molar-refractivity contribution in [3.63, 3.8) is 0 Å². The van der Waals surface area contributed by atoms with Crippen LogP contribution in [0.2, 0.25) is 0 Å².